The van der Waals surface area contributed by atoms with Crippen LogP contribution in [-0.2, 0) is 21.8 Å². The summed E-state index contributed by atoms with van der Waals surface area (Å²) in [7, 11) is -0.761. The van der Waals surface area contributed by atoms with Crippen molar-refractivity contribution in [3.63, 3.8) is 0 Å². The zero-order chi connectivity index (χ0) is 19.6. The largest absolute Gasteiger partial charge is 0.465 e. The van der Waals surface area contributed by atoms with Crippen LogP contribution in [0.4, 0.5) is 5.13 Å². The number of hydrogen-bond donors (Lipinski definition) is 1. The van der Waals surface area contributed by atoms with Crippen molar-refractivity contribution in [1.29, 1.82) is 0 Å². The van der Waals surface area contributed by atoms with Gasteiger partial charge in [0.05, 0.1) is 13.3 Å². The third-order valence-electron chi connectivity index (χ3n) is 4.28. The minimum atomic E-state index is -3.62. The summed E-state index contributed by atoms with van der Waals surface area (Å²) in [5.41, 5.74) is 0.181. The molecule has 9 nitrogen and oxygen atoms in total. The van der Waals surface area contributed by atoms with Gasteiger partial charge in [0.1, 0.15) is 15.5 Å². The van der Waals surface area contributed by atoms with E-state index in [1.807, 2.05) is 0 Å². The molecule has 1 aliphatic rings. The number of nitrogens with zero attached hydrogens (tertiary/aromatic N) is 3. The van der Waals surface area contributed by atoms with Crippen LogP contribution in [-0.4, -0.2) is 54.3 Å². The van der Waals surface area contributed by atoms with Crippen molar-refractivity contribution >= 4 is 38.4 Å². The van der Waals surface area contributed by atoms with Gasteiger partial charge in [-0.2, -0.15) is 4.31 Å². The lowest BCUT2D eigenvalue weighted by molar-refractivity contribution is 0.0606. The highest BCUT2D eigenvalue weighted by molar-refractivity contribution is 7.89. The van der Waals surface area contributed by atoms with Crippen LogP contribution >= 0.6 is 11.3 Å². The third kappa shape index (κ3) is 4.04. The third-order valence-corrected chi connectivity index (χ3v) is 7.03. The van der Waals surface area contributed by atoms with Gasteiger partial charge in [-0.3, -0.25) is 10.1 Å². The molecular formula is C16H20N4O5S2. The van der Waals surface area contributed by atoms with Crippen LogP contribution in [0.5, 0.6) is 0 Å². The first kappa shape index (κ1) is 19.5. The van der Waals surface area contributed by atoms with E-state index < -0.39 is 21.9 Å². The lowest BCUT2D eigenvalue weighted by Crippen LogP contribution is -2.35. The minimum Gasteiger partial charge on any atom is -0.465 e. The summed E-state index contributed by atoms with van der Waals surface area (Å²) in [5.74, 6) is -1.05. The molecule has 1 saturated heterocycles. The fourth-order valence-electron chi connectivity index (χ4n) is 2.84. The summed E-state index contributed by atoms with van der Waals surface area (Å²) in [6, 6.07) is 1.36. The molecule has 146 valence electrons. The van der Waals surface area contributed by atoms with Gasteiger partial charge in [0.2, 0.25) is 10.0 Å². The maximum absolute atomic E-state index is 12.8. The topological polar surface area (TPSA) is 111 Å². The van der Waals surface area contributed by atoms with Gasteiger partial charge in [-0.1, -0.05) is 17.8 Å². The van der Waals surface area contributed by atoms with Crippen molar-refractivity contribution in [3.05, 3.63) is 29.0 Å². The molecule has 0 aliphatic carbocycles. The fraction of sp³-hybridized carbons (Fsp3) is 0.438. The molecule has 0 radical (unpaired) electrons. The molecule has 0 aromatic carbocycles. The van der Waals surface area contributed by atoms with E-state index in [2.05, 4.69) is 15.0 Å². The standard InChI is InChI=1S/C16H20N4O5S2/c1-19-10-11(27(23,24)20-6-4-3-5-7-20)8-12(19)14(21)18-16-17-9-13(26-16)15(22)25-2/h8-10H,3-7H2,1-2H3,(H,17,18,21). The quantitative estimate of drug-likeness (QED) is 0.749. The molecule has 0 bridgehead atoms. The Bertz CT molecular complexity index is 957. The van der Waals surface area contributed by atoms with E-state index in [1.165, 1.54) is 34.4 Å². The number of aryl methyl sites for hydroxylation is 1. The molecule has 1 fully saturated rings. The molecule has 1 aliphatic heterocycles. The number of methoxy groups -OCH3 is 1. The second kappa shape index (κ2) is 7.79. The van der Waals surface area contributed by atoms with Crippen molar-refractivity contribution in [3.8, 4) is 0 Å². The minimum absolute atomic E-state index is 0.0893. The number of ether oxygens (including phenoxy) is 1. The number of carbonyl (C=O) groups excluding carboxylic acids is 2. The van der Waals surface area contributed by atoms with Crippen LogP contribution in [0.3, 0.4) is 0 Å². The lowest BCUT2D eigenvalue weighted by Gasteiger charge is -2.25. The Morgan fingerprint density at radius 1 is 1.26 bits per heavy atom. The van der Waals surface area contributed by atoms with E-state index in [0.29, 0.717) is 13.1 Å². The molecule has 3 heterocycles. The highest BCUT2D eigenvalue weighted by Gasteiger charge is 2.28. The summed E-state index contributed by atoms with van der Waals surface area (Å²) < 4.78 is 33.0. The first-order chi connectivity index (χ1) is 12.8. The van der Waals surface area contributed by atoms with Crippen LogP contribution in [0, 0.1) is 0 Å². The van der Waals surface area contributed by atoms with Gasteiger partial charge in [0.15, 0.2) is 5.13 Å². The number of anilines is 1. The van der Waals surface area contributed by atoms with Crippen molar-refractivity contribution in [2.24, 2.45) is 7.05 Å². The Morgan fingerprint density at radius 3 is 2.63 bits per heavy atom. The number of carbonyl (C=O) groups is 2. The predicted octanol–water partition coefficient (Wildman–Crippen LogP) is 1.70. The molecule has 0 spiro atoms. The molecule has 0 atom stereocenters. The van der Waals surface area contributed by atoms with Gasteiger partial charge < -0.3 is 9.30 Å². The van der Waals surface area contributed by atoms with Crippen molar-refractivity contribution in [1.82, 2.24) is 13.9 Å². The Labute approximate surface area is 161 Å². The SMILES string of the molecule is COC(=O)c1cnc(NC(=O)c2cc(S(=O)(=O)N3CCCCC3)cn2C)s1. The zero-order valence-corrected chi connectivity index (χ0v) is 16.6. The average molecular weight is 412 g/mol. The Kier molecular flexibility index (Phi) is 5.63. The second-order valence-corrected chi connectivity index (χ2v) is 9.08. The number of nitrogens with one attached hydrogen (secondary N) is 1. The summed E-state index contributed by atoms with van der Waals surface area (Å²) in [4.78, 5) is 28.3. The van der Waals surface area contributed by atoms with Crippen LogP contribution in [0.15, 0.2) is 23.4 Å². The summed E-state index contributed by atoms with van der Waals surface area (Å²) in [6.07, 6.45) is 5.44. The number of aromatic nitrogens is 2. The van der Waals surface area contributed by atoms with Crippen molar-refractivity contribution in [2.45, 2.75) is 24.2 Å². The maximum Gasteiger partial charge on any atom is 0.349 e. The highest BCUT2D eigenvalue weighted by atomic mass is 32.2. The number of hydrogen-bond acceptors (Lipinski definition) is 7. The Morgan fingerprint density at radius 2 is 1.96 bits per heavy atom. The lowest BCUT2D eigenvalue weighted by atomic mass is 10.2. The Balaban J connectivity index is 1.78. The van der Waals surface area contributed by atoms with E-state index in [-0.39, 0.29) is 20.6 Å². The van der Waals surface area contributed by atoms with Gasteiger partial charge in [0.25, 0.3) is 5.91 Å². The second-order valence-electron chi connectivity index (χ2n) is 6.11. The molecule has 1 amide bonds. The van der Waals surface area contributed by atoms with E-state index in [9.17, 15) is 18.0 Å². The van der Waals surface area contributed by atoms with Gasteiger partial charge >= 0.3 is 5.97 Å². The molecule has 2 aromatic rings. The van der Waals surface area contributed by atoms with E-state index in [0.717, 1.165) is 30.6 Å². The number of thiazole rings is 1. The van der Waals surface area contributed by atoms with Crippen LogP contribution in [0.25, 0.3) is 0 Å². The normalized spacial score (nSPS) is 15.5. The number of sulfonamides is 1. The number of esters is 1. The fourth-order valence-corrected chi connectivity index (χ4v) is 5.16. The highest BCUT2D eigenvalue weighted by Crippen LogP contribution is 2.24. The smallest absolute Gasteiger partial charge is 0.349 e. The first-order valence-corrected chi connectivity index (χ1v) is 10.6. The van der Waals surface area contributed by atoms with Gasteiger partial charge in [0, 0.05) is 26.3 Å². The van der Waals surface area contributed by atoms with Crippen LogP contribution in [0.1, 0.15) is 39.4 Å². The summed E-state index contributed by atoms with van der Waals surface area (Å²) in [5, 5.41) is 2.80. The molecule has 27 heavy (non-hydrogen) atoms. The van der Waals surface area contributed by atoms with Gasteiger partial charge in [-0.15, -0.1) is 0 Å². The molecule has 1 N–H and O–H groups in total. The Hall–Kier alpha value is -2.24. The zero-order valence-electron chi connectivity index (χ0n) is 15.0. The molecule has 2 aromatic heterocycles. The molecular weight excluding hydrogens is 392 g/mol. The van der Waals surface area contributed by atoms with Crippen LogP contribution < -0.4 is 5.32 Å². The molecule has 11 heteroatoms. The monoisotopic (exact) mass is 412 g/mol. The van der Waals surface area contributed by atoms with Crippen LogP contribution in [0.2, 0.25) is 0 Å². The number of amides is 1. The molecule has 0 unspecified atom stereocenters. The molecule has 3 rings (SSSR count). The molecule has 0 saturated carbocycles. The summed E-state index contributed by atoms with van der Waals surface area (Å²) >= 11 is 0.976. The van der Waals surface area contributed by atoms with E-state index >= 15 is 0 Å². The van der Waals surface area contributed by atoms with E-state index in [1.54, 1.807) is 7.05 Å². The van der Waals surface area contributed by atoms with Crippen molar-refractivity contribution < 1.29 is 22.7 Å². The number of piperidine rings is 1. The van der Waals surface area contributed by atoms with E-state index in [4.69, 9.17) is 0 Å². The van der Waals surface area contributed by atoms with Gasteiger partial charge in [-0.05, 0) is 18.9 Å². The average Bonchev–Trinajstić information content (AvgIpc) is 3.28. The number of rotatable bonds is 5. The predicted molar refractivity (Wildman–Crippen MR) is 99.4 cm³/mol. The maximum atomic E-state index is 12.8. The first-order valence-electron chi connectivity index (χ1n) is 8.35. The van der Waals surface area contributed by atoms with Gasteiger partial charge in [-0.25, -0.2) is 18.2 Å². The van der Waals surface area contributed by atoms with Crippen molar-refractivity contribution in [2.75, 3.05) is 25.5 Å². The summed E-state index contributed by atoms with van der Waals surface area (Å²) in [6.45, 7) is 0.988.